The topological polar surface area (TPSA) is 67.9 Å². The third kappa shape index (κ3) is 6.23. The van der Waals surface area contributed by atoms with Crippen LogP contribution in [0.1, 0.15) is 30.4 Å². The van der Waals surface area contributed by atoms with Gasteiger partial charge in [0.25, 0.3) is 0 Å². The van der Waals surface area contributed by atoms with Crippen molar-refractivity contribution in [3.63, 3.8) is 0 Å². The van der Waals surface area contributed by atoms with Crippen molar-refractivity contribution in [2.45, 2.75) is 35.5 Å². The highest BCUT2D eigenvalue weighted by Crippen LogP contribution is 2.40. The Morgan fingerprint density at radius 2 is 2.06 bits per heavy atom. The van der Waals surface area contributed by atoms with E-state index in [1.54, 1.807) is 6.08 Å². The Morgan fingerprint density at radius 3 is 2.88 bits per heavy atom. The van der Waals surface area contributed by atoms with Gasteiger partial charge >= 0.3 is 0 Å². The minimum atomic E-state index is -0.214. The molecule has 2 heterocycles. The van der Waals surface area contributed by atoms with Gasteiger partial charge in [-0.1, -0.05) is 41.0 Å². The highest BCUT2D eigenvalue weighted by molar-refractivity contribution is 7.99. The molecular formula is C24H24Cl2N2O4S. The van der Waals surface area contributed by atoms with Crippen molar-refractivity contribution in [1.82, 2.24) is 10.2 Å². The Morgan fingerprint density at radius 1 is 1.18 bits per heavy atom. The molecule has 174 valence electrons. The first kappa shape index (κ1) is 24.0. The number of fused-ring (bicyclic) bond motifs is 1. The predicted octanol–water partition coefficient (Wildman–Crippen LogP) is 5.15. The third-order valence-electron chi connectivity index (χ3n) is 5.43. The maximum atomic E-state index is 12.1. The van der Waals surface area contributed by atoms with E-state index in [1.807, 2.05) is 29.2 Å². The Labute approximate surface area is 207 Å². The quantitative estimate of drug-likeness (QED) is 0.304. The van der Waals surface area contributed by atoms with Crippen LogP contribution in [-0.2, 0) is 20.9 Å². The second-order valence-corrected chi connectivity index (χ2v) is 9.64. The maximum Gasteiger partial charge on any atom is 0.244 e. The van der Waals surface area contributed by atoms with Gasteiger partial charge in [0.2, 0.25) is 11.8 Å². The molecule has 0 unspecified atom stereocenters. The molecule has 0 aliphatic carbocycles. The summed E-state index contributed by atoms with van der Waals surface area (Å²) in [5, 5.41) is 3.67. The number of hydrogen-bond acceptors (Lipinski definition) is 5. The summed E-state index contributed by atoms with van der Waals surface area (Å²) in [6, 6.07) is 9.62. The van der Waals surface area contributed by atoms with E-state index in [2.05, 4.69) is 11.4 Å². The van der Waals surface area contributed by atoms with Crippen LogP contribution in [0.25, 0.3) is 6.08 Å². The standard InChI is InChI=1S/C24H24Cl2N2O4S/c25-23-16(5-9-21(29)27-11-2-13-28-12-1-3-22(28)30)4-8-20(24(23)26)33-18-6-7-19-17(15-18)10-14-31-32-19/h4-9,15H,1-3,10-14H2,(H,27,29). The number of halogens is 2. The summed E-state index contributed by atoms with van der Waals surface area (Å²) in [5.74, 6) is 0.719. The van der Waals surface area contributed by atoms with Crippen LogP contribution in [0.5, 0.6) is 5.75 Å². The van der Waals surface area contributed by atoms with Crippen molar-refractivity contribution in [3.05, 3.63) is 57.6 Å². The second-order valence-electron chi connectivity index (χ2n) is 7.77. The number of benzene rings is 2. The van der Waals surface area contributed by atoms with Gasteiger partial charge in [0, 0.05) is 53.9 Å². The summed E-state index contributed by atoms with van der Waals surface area (Å²) in [5.41, 5.74) is 1.76. The van der Waals surface area contributed by atoms with E-state index in [-0.39, 0.29) is 11.8 Å². The van der Waals surface area contributed by atoms with Crippen molar-refractivity contribution >= 4 is 52.9 Å². The molecule has 1 N–H and O–H groups in total. The third-order valence-corrected chi connectivity index (χ3v) is 7.49. The van der Waals surface area contributed by atoms with Crippen LogP contribution in [-0.4, -0.2) is 43.0 Å². The number of carbonyl (C=O) groups excluding carboxylic acids is 2. The van der Waals surface area contributed by atoms with Gasteiger partial charge in [0.05, 0.1) is 16.7 Å². The van der Waals surface area contributed by atoms with Crippen molar-refractivity contribution in [2.24, 2.45) is 0 Å². The first-order valence-electron chi connectivity index (χ1n) is 10.8. The van der Waals surface area contributed by atoms with Crippen LogP contribution in [0.4, 0.5) is 0 Å². The zero-order valence-corrected chi connectivity index (χ0v) is 20.3. The number of nitrogens with zero attached hydrogens (tertiary/aromatic N) is 1. The summed E-state index contributed by atoms with van der Waals surface area (Å²) in [7, 11) is 0. The molecule has 4 rings (SSSR count). The van der Waals surface area contributed by atoms with Crippen LogP contribution in [0.3, 0.4) is 0 Å². The van der Waals surface area contributed by atoms with Gasteiger partial charge in [0.1, 0.15) is 0 Å². The van der Waals surface area contributed by atoms with Gasteiger partial charge in [-0.3, -0.25) is 9.59 Å². The van der Waals surface area contributed by atoms with Gasteiger partial charge in [-0.2, -0.15) is 4.89 Å². The van der Waals surface area contributed by atoms with Gasteiger partial charge in [-0.05, 0) is 48.7 Å². The summed E-state index contributed by atoms with van der Waals surface area (Å²) < 4.78 is 0. The predicted molar refractivity (Wildman–Crippen MR) is 130 cm³/mol. The SMILES string of the molecule is O=C(C=Cc1ccc(Sc2ccc3c(c2)CCOO3)c(Cl)c1Cl)NCCCN1CCCC1=O. The van der Waals surface area contributed by atoms with Gasteiger partial charge in [0.15, 0.2) is 5.75 Å². The lowest BCUT2D eigenvalue weighted by Crippen LogP contribution is -2.29. The molecule has 0 bridgehead atoms. The first-order valence-corrected chi connectivity index (χ1v) is 12.4. The number of amides is 2. The first-order chi connectivity index (χ1) is 16.0. The van der Waals surface area contributed by atoms with Crippen molar-refractivity contribution < 1.29 is 19.4 Å². The molecule has 0 radical (unpaired) electrons. The fraction of sp³-hybridized carbons (Fsp3) is 0.333. The van der Waals surface area contributed by atoms with Crippen molar-refractivity contribution in [1.29, 1.82) is 0 Å². The lowest BCUT2D eigenvalue weighted by Gasteiger charge is -2.16. The molecule has 2 aromatic rings. The zero-order valence-electron chi connectivity index (χ0n) is 17.9. The molecule has 1 fully saturated rings. The summed E-state index contributed by atoms with van der Waals surface area (Å²) in [4.78, 5) is 37.6. The van der Waals surface area contributed by atoms with E-state index in [0.717, 1.165) is 46.9 Å². The number of carbonyl (C=O) groups is 2. The number of hydrogen-bond donors (Lipinski definition) is 1. The average Bonchev–Trinajstić information content (AvgIpc) is 3.23. The average molecular weight is 507 g/mol. The molecule has 9 heteroatoms. The number of nitrogens with one attached hydrogen (secondary N) is 1. The van der Waals surface area contributed by atoms with E-state index in [0.29, 0.717) is 41.7 Å². The molecule has 0 aromatic heterocycles. The molecule has 2 aromatic carbocycles. The normalized spacial score (nSPS) is 15.6. The second kappa shape index (κ2) is 11.3. The number of likely N-dealkylation sites (tertiary alicyclic amines) is 1. The summed E-state index contributed by atoms with van der Waals surface area (Å²) in [6.07, 6.45) is 6.17. The van der Waals surface area contributed by atoms with Crippen LogP contribution in [0.15, 0.2) is 46.2 Å². The van der Waals surface area contributed by atoms with Gasteiger partial charge in [-0.25, -0.2) is 0 Å². The number of rotatable bonds is 8. The van der Waals surface area contributed by atoms with Crippen LogP contribution in [0, 0.1) is 0 Å². The van der Waals surface area contributed by atoms with Gasteiger partial charge < -0.3 is 15.1 Å². The maximum absolute atomic E-state index is 12.1. The van der Waals surface area contributed by atoms with Crippen molar-refractivity contribution in [3.8, 4) is 5.75 Å². The summed E-state index contributed by atoms with van der Waals surface area (Å²) in [6.45, 7) is 2.53. The van der Waals surface area contributed by atoms with E-state index < -0.39 is 0 Å². The highest BCUT2D eigenvalue weighted by atomic mass is 35.5. The monoisotopic (exact) mass is 506 g/mol. The Kier molecular flexibility index (Phi) is 8.20. The molecule has 0 atom stereocenters. The molecule has 33 heavy (non-hydrogen) atoms. The molecule has 2 aliphatic rings. The van der Waals surface area contributed by atoms with E-state index in [9.17, 15) is 9.59 Å². The van der Waals surface area contributed by atoms with E-state index in [1.165, 1.54) is 17.8 Å². The Bertz CT molecular complexity index is 1080. The van der Waals surface area contributed by atoms with E-state index in [4.69, 9.17) is 33.0 Å². The minimum Gasteiger partial charge on any atom is -0.352 e. The van der Waals surface area contributed by atoms with E-state index >= 15 is 0 Å². The summed E-state index contributed by atoms with van der Waals surface area (Å²) >= 11 is 14.5. The Balaban J connectivity index is 1.31. The zero-order chi connectivity index (χ0) is 23.2. The fourth-order valence-corrected chi connectivity index (χ4v) is 5.17. The van der Waals surface area contributed by atoms with Crippen LogP contribution >= 0.6 is 35.0 Å². The molecule has 6 nitrogen and oxygen atoms in total. The Hall–Kier alpha value is -2.19. The minimum absolute atomic E-state index is 0.199. The highest BCUT2D eigenvalue weighted by Gasteiger charge is 2.19. The smallest absolute Gasteiger partial charge is 0.244 e. The van der Waals surface area contributed by atoms with Gasteiger partial charge in [-0.15, -0.1) is 0 Å². The molecule has 2 aliphatic heterocycles. The molecule has 2 amide bonds. The van der Waals surface area contributed by atoms with Crippen LogP contribution < -0.4 is 10.2 Å². The molecule has 0 spiro atoms. The molecular weight excluding hydrogens is 483 g/mol. The lowest BCUT2D eigenvalue weighted by atomic mass is 10.1. The fourth-order valence-electron chi connectivity index (χ4n) is 3.68. The molecule has 1 saturated heterocycles. The largest absolute Gasteiger partial charge is 0.352 e. The van der Waals surface area contributed by atoms with Crippen molar-refractivity contribution in [2.75, 3.05) is 26.2 Å². The molecule has 0 saturated carbocycles. The lowest BCUT2D eigenvalue weighted by molar-refractivity contribution is -0.215. The van der Waals surface area contributed by atoms with Crippen LogP contribution in [0.2, 0.25) is 10.0 Å².